The number of carbonyl (C=O) groups is 2. The third-order valence-electron chi connectivity index (χ3n) is 4.16. The zero-order chi connectivity index (χ0) is 23.1. The number of carbonyl (C=O) groups excluding carboxylic acids is 2. The minimum atomic E-state index is -0.410. The van der Waals surface area contributed by atoms with Crippen LogP contribution in [0.5, 0.6) is 5.75 Å². The van der Waals surface area contributed by atoms with E-state index >= 15 is 0 Å². The second-order valence-corrected chi connectivity index (χ2v) is 8.38. The zero-order valence-electron chi connectivity index (χ0n) is 17.5. The first kappa shape index (κ1) is 23.5. The van der Waals surface area contributed by atoms with Gasteiger partial charge in [-0.1, -0.05) is 22.0 Å². The summed E-state index contributed by atoms with van der Waals surface area (Å²) in [6.45, 7) is 4.05. The number of hydrogen-bond donors (Lipinski definition) is 3. The van der Waals surface area contributed by atoms with Gasteiger partial charge in [-0.2, -0.15) is 0 Å². The Kier molecular flexibility index (Phi) is 8.02. The Morgan fingerprint density at radius 3 is 2.62 bits per heavy atom. The van der Waals surface area contributed by atoms with Crippen LogP contribution in [0.4, 0.5) is 5.69 Å². The van der Waals surface area contributed by atoms with Crippen molar-refractivity contribution in [2.75, 3.05) is 5.32 Å². The van der Waals surface area contributed by atoms with E-state index < -0.39 is 5.91 Å². The van der Waals surface area contributed by atoms with Gasteiger partial charge in [-0.15, -0.1) is 0 Å². The number of nitrogens with one attached hydrogen (secondary N) is 3. The maximum Gasteiger partial charge on any atom is 0.261 e. The van der Waals surface area contributed by atoms with Gasteiger partial charge in [-0.3, -0.25) is 14.9 Å². The van der Waals surface area contributed by atoms with Gasteiger partial charge in [0.25, 0.3) is 11.8 Å². The van der Waals surface area contributed by atoms with Gasteiger partial charge >= 0.3 is 0 Å². The second kappa shape index (κ2) is 10.9. The van der Waals surface area contributed by atoms with Crippen LogP contribution in [0, 0.1) is 0 Å². The number of thiocarbonyl (C=S) groups is 1. The number of benzene rings is 2. The van der Waals surface area contributed by atoms with Crippen LogP contribution in [0.15, 0.2) is 69.8 Å². The van der Waals surface area contributed by atoms with Crippen LogP contribution in [0.3, 0.4) is 0 Å². The van der Waals surface area contributed by atoms with Crippen molar-refractivity contribution in [1.29, 1.82) is 0 Å². The topological polar surface area (TPSA) is 92.6 Å². The summed E-state index contributed by atoms with van der Waals surface area (Å²) >= 11 is 8.65. The predicted octanol–water partition coefficient (Wildman–Crippen LogP) is 4.89. The predicted molar refractivity (Wildman–Crippen MR) is 130 cm³/mol. The Balaban J connectivity index is 1.63. The summed E-state index contributed by atoms with van der Waals surface area (Å²) in [5, 5.41) is 8.45. The molecule has 1 aromatic heterocycles. The van der Waals surface area contributed by atoms with E-state index in [9.17, 15) is 9.59 Å². The maximum atomic E-state index is 12.8. The molecular weight excluding hydrogens is 494 g/mol. The molecule has 0 spiro atoms. The van der Waals surface area contributed by atoms with E-state index in [-0.39, 0.29) is 23.7 Å². The third-order valence-corrected chi connectivity index (χ3v) is 4.86. The molecule has 0 aliphatic carbocycles. The summed E-state index contributed by atoms with van der Waals surface area (Å²) in [7, 11) is 0. The van der Waals surface area contributed by atoms with Gasteiger partial charge in [0.15, 0.2) is 5.11 Å². The smallest absolute Gasteiger partial charge is 0.261 e. The van der Waals surface area contributed by atoms with Gasteiger partial charge in [-0.05, 0) is 74.6 Å². The first-order chi connectivity index (χ1) is 15.3. The van der Waals surface area contributed by atoms with Crippen LogP contribution in [-0.2, 0) is 6.54 Å². The molecule has 1 heterocycles. The standard InChI is InChI=1S/C23H22BrN3O4S/c1-14(2)31-20-9-8-16(24)12-19(20)22(29)27-23(32)26-17-6-3-5-15(11-17)21(28)25-13-18-7-4-10-30-18/h3-12,14H,13H2,1-2H3,(H,25,28)(H2,26,27,29,32). The molecule has 2 aromatic carbocycles. The Morgan fingerprint density at radius 2 is 1.91 bits per heavy atom. The summed E-state index contributed by atoms with van der Waals surface area (Å²) < 4.78 is 11.7. The van der Waals surface area contributed by atoms with Crippen molar-refractivity contribution in [2.24, 2.45) is 0 Å². The number of rotatable bonds is 7. The monoisotopic (exact) mass is 515 g/mol. The van der Waals surface area contributed by atoms with Gasteiger partial charge < -0.3 is 19.8 Å². The van der Waals surface area contributed by atoms with Crippen LogP contribution in [0.1, 0.15) is 40.3 Å². The Hall–Kier alpha value is -3.17. The molecule has 0 atom stereocenters. The highest BCUT2D eigenvalue weighted by Gasteiger charge is 2.16. The number of ether oxygens (including phenoxy) is 1. The molecule has 0 radical (unpaired) electrons. The molecule has 0 saturated carbocycles. The largest absolute Gasteiger partial charge is 0.490 e. The lowest BCUT2D eigenvalue weighted by molar-refractivity contribution is 0.0945. The van der Waals surface area contributed by atoms with Crippen LogP contribution < -0.4 is 20.7 Å². The lowest BCUT2D eigenvalue weighted by Gasteiger charge is -2.15. The van der Waals surface area contributed by atoms with Crippen LogP contribution in [-0.4, -0.2) is 23.0 Å². The van der Waals surface area contributed by atoms with E-state index in [0.29, 0.717) is 28.3 Å². The lowest BCUT2D eigenvalue weighted by atomic mass is 10.2. The fraction of sp³-hybridized carbons (Fsp3) is 0.174. The first-order valence-corrected chi connectivity index (χ1v) is 11.0. The fourth-order valence-corrected chi connectivity index (χ4v) is 3.36. The molecule has 0 aliphatic heterocycles. The summed E-state index contributed by atoms with van der Waals surface area (Å²) in [5.74, 6) is 0.444. The Morgan fingerprint density at radius 1 is 1.09 bits per heavy atom. The number of halogens is 1. The van der Waals surface area contributed by atoms with Crippen molar-refractivity contribution in [2.45, 2.75) is 26.5 Å². The maximum absolute atomic E-state index is 12.8. The SMILES string of the molecule is CC(C)Oc1ccc(Br)cc1C(=O)NC(=S)Nc1cccc(C(=O)NCc2ccco2)c1. The highest BCUT2D eigenvalue weighted by molar-refractivity contribution is 9.10. The van der Waals surface area contributed by atoms with E-state index in [0.717, 1.165) is 4.47 Å². The van der Waals surface area contributed by atoms with Gasteiger partial charge in [0.2, 0.25) is 0 Å². The lowest BCUT2D eigenvalue weighted by Crippen LogP contribution is -2.34. The summed E-state index contributed by atoms with van der Waals surface area (Å²) in [5.41, 5.74) is 1.35. The van der Waals surface area contributed by atoms with Crippen molar-refractivity contribution in [3.8, 4) is 5.75 Å². The van der Waals surface area contributed by atoms with E-state index in [2.05, 4.69) is 31.9 Å². The van der Waals surface area contributed by atoms with Crippen molar-refractivity contribution >= 4 is 50.8 Å². The van der Waals surface area contributed by atoms with Crippen LogP contribution in [0.25, 0.3) is 0 Å². The van der Waals surface area contributed by atoms with Crippen molar-refractivity contribution in [3.05, 3.63) is 82.2 Å². The number of furan rings is 1. The minimum absolute atomic E-state index is 0.0885. The molecule has 9 heteroatoms. The van der Waals surface area contributed by atoms with Crippen molar-refractivity contribution in [3.63, 3.8) is 0 Å². The Labute approximate surface area is 199 Å². The Bertz CT molecular complexity index is 1120. The quantitative estimate of drug-likeness (QED) is 0.388. The molecule has 166 valence electrons. The highest BCUT2D eigenvalue weighted by atomic mass is 79.9. The summed E-state index contributed by atoms with van der Waals surface area (Å²) in [4.78, 5) is 25.2. The molecule has 0 fully saturated rings. The van der Waals surface area contributed by atoms with Crippen molar-refractivity contribution in [1.82, 2.24) is 10.6 Å². The van der Waals surface area contributed by atoms with Gasteiger partial charge in [0.1, 0.15) is 11.5 Å². The molecule has 3 N–H and O–H groups in total. The molecule has 2 amide bonds. The molecule has 0 unspecified atom stereocenters. The molecule has 0 aliphatic rings. The molecule has 32 heavy (non-hydrogen) atoms. The molecule has 3 rings (SSSR count). The van der Waals surface area contributed by atoms with E-state index in [1.165, 1.54) is 0 Å². The fourth-order valence-electron chi connectivity index (χ4n) is 2.79. The van der Waals surface area contributed by atoms with Gasteiger partial charge in [0, 0.05) is 15.7 Å². The summed E-state index contributed by atoms with van der Waals surface area (Å²) in [6, 6.07) is 15.5. The third kappa shape index (κ3) is 6.66. The number of hydrogen-bond acceptors (Lipinski definition) is 5. The van der Waals surface area contributed by atoms with Gasteiger partial charge in [-0.25, -0.2) is 0 Å². The number of anilines is 1. The van der Waals surface area contributed by atoms with Gasteiger partial charge in [0.05, 0.1) is 24.5 Å². The first-order valence-electron chi connectivity index (χ1n) is 9.81. The van der Waals surface area contributed by atoms with Crippen LogP contribution in [0.2, 0.25) is 0 Å². The molecule has 0 bridgehead atoms. The molecule has 0 saturated heterocycles. The number of amides is 2. The second-order valence-electron chi connectivity index (χ2n) is 7.06. The minimum Gasteiger partial charge on any atom is -0.490 e. The van der Waals surface area contributed by atoms with Crippen molar-refractivity contribution < 1.29 is 18.7 Å². The average molecular weight is 516 g/mol. The zero-order valence-corrected chi connectivity index (χ0v) is 19.9. The summed E-state index contributed by atoms with van der Waals surface area (Å²) in [6.07, 6.45) is 1.46. The molecule has 7 nitrogen and oxygen atoms in total. The normalized spacial score (nSPS) is 10.5. The highest BCUT2D eigenvalue weighted by Crippen LogP contribution is 2.24. The van der Waals surface area contributed by atoms with Crippen LogP contribution >= 0.6 is 28.1 Å². The molecular formula is C23H22BrN3O4S. The molecule has 3 aromatic rings. The van der Waals surface area contributed by atoms with E-state index in [1.54, 1.807) is 60.9 Å². The van der Waals surface area contributed by atoms with E-state index in [1.807, 2.05) is 13.8 Å². The van der Waals surface area contributed by atoms with E-state index in [4.69, 9.17) is 21.4 Å². The average Bonchev–Trinajstić information content (AvgIpc) is 3.26.